The molecule has 2 fully saturated rings. The minimum absolute atomic E-state index is 0. The molecule has 1 aliphatic heterocycles. The average Bonchev–Trinajstić information content (AvgIpc) is 2.32. The summed E-state index contributed by atoms with van der Waals surface area (Å²) >= 11 is 0. The van der Waals surface area contributed by atoms with Crippen molar-refractivity contribution in [3.05, 3.63) is 0 Å². The fraction of sp³-hybridized carbons (Fsp3) is 1.00. The summed E-state index contributed by atoms with van der Waals surface area (Å²) in [7, 11) is 0. The summed E-state index contributed by atoms with van der Waals surface area (Å²) in [6.45, 7) is 3.06. The van der Waals surface area contributed by atoms with Crippen LogP contribution in [0.4, 0.5) is 0 Å². The Bertz CT molecular complexity index is 124. The first-order chi connectivity index (χ1) is 5.41. The molecule has 12 heavy (non-hydrogen) atoms. The number of halogens is 1. The van der Waals surface area contributed by atoms with Crippen LogP contribution in [0.1, 0.15) is 32.1 Å². The molecule has 72 valence electrons. The van der Waals surface area contributed by atoms with E-state index in [9.17, 15) is 0 Å². The third-order valence-electron chi connectivity index (χ3n) is 2.90. The molecule has 0 atom stereocenters. The maximum Gasteiger partial charge on any atom is 0.0648 e. The Balaban J connectivity index is 0.000000720. The lowest BCUT2D eigenvalue weighted by Crippen LogP contribution is -2.45. The second-order valence-electron chi connectivity index (χ2n) is 3.82. The van der Waals surface area contributed by atoms with Gasteiger partial charge in [0.15, 0.2) is 0 Å². The van der Waals surface area contributed by atoms with Gasteiger partial charge in [-0.1, -0.05) is 12.8 Å². The molecule has 1 saturated carbocycles. The van der Waals surface area contributed by atoms with Crippen LogP contribution >= 0.6 is 12.4 Å². The Kier molecular flexibility index (Phi) is 3.81. The van der Waals surface area contributed by atoms with E-state index in [-0.39, 0.29) is 12.4 Å². The molecular formula is C9H18ClNO. The van der Waals surface area contributed by atoms with E-state index in [0.29, 0.717) is 5.54 Å². The van der Waals surface area contributed by atoms with Gasteiger partial charge in [0.1, 0.15) is 0 Å². The highest BCUT2D eigenvalue weighted by atomic mass is 35.5. The van der Waals surface area contributed by atoms with Crippen LogP contribution in [-0.4, -0.2) is 25.3 Å². The monoisotopic (exact) mass is 191 g/mol. The second kappa shape index (κ2) is 4.45. The largest absolute Gasteiger partial charge is 0.379 e. The van der Waals surface area contributed by atoms with Gasteiger partial charge in [-0.3, -0.25) is 0 Å². The van der Waals surface area contributed by atoms with E-state index in [1.54, 1.807) is 0 Å². The molecule has 2 nitrogen and oxygen atoms in total. The van der Waals surface area contributed by atoms with Gasteiger partial charge in [-0.05, 0) is 25.8 Å². The van der Waals surface area contributed by atoms with Gasteiger partial charge in [0.2, 0.25) is 0 Å². The maximum absolute atomic E-state index is 5.57. The van der Waals surface area contributed by atoms with E-state index in [1.165, 1.54) is 32.1 Å². The first-order valence-electron chi connectivity index (χ1n) is 4.74. The van der Waals surface area contributed by atoms with Crippen molar-refractivity contribution in [1.82, 2.24) is 5.32 Å². The Labute approximate surface area is 80.5 Å². The standard InChI is InChI=1S/C9H17NO.ClH/c1-2-5-9(4-1)8-11-7-3-6-10-9;/h10H,1-8H2;1H. The molecule has 0 radical (unpaired) electrons. The van der Waals surface area contributed by atoms with Crippen LogP contribution in [0.25, 0.3) is 0 Å². The zero-order valence-electron chi connectivity index (χ0n) is 7.47. The second-order valence-corrected chi connectivity index (χ2v) is 3.82. The van der Waals surface area contributed by atoms with Gasteiger partial charge in [-0.2, -0.15) is 0 Å². The quantitative estimate of drug-likeness (QED) is 0.630. The van der Waals surface area contributed by atoms with E-state index in [1.807, 2.05) is 0 Å². The van der Waals surface area contributed by atoms with Crippen molar-refractivity contribution in [2.24, 2.45) is 0 Å². The first kappa shape index (κ1) is 10.3. The lowest BCUT2D eigenvalue weighted by Gasteiger charge is -2.27. The van der Waals surface area contributed by atoms with Gasteiger partial charge >= 0.3 is 0 Å². The highest BCUT2D eigenvalue weighted by Gasteiger charge is 2.34. The topological polar surface area (TPSA) is 21.3 Å². The van der Waals surface area contributed by atoms with Crippen LogP contribution in [0.3, 0.4) is 0 Å². The fourth-order valence-electron chi connectivity index (χ4n) is 2.22. The van der Waals surface area contributed by atoms with Crippen LogP contribution in [0.2, 0.25) is 0 Å². The van der Waals surface area contributed by atoms with Gasteiger partial charge in [-0.25, -0.2) is 0 Å². The van der Waals surface area contributed by atoms with Gasteiger partial charge in [0.25, 0.3) is 0 Å². The predicted molar refractivity (Wildman–Crippen MR) is 51.9 cm³/mol. The smallest absolute Gasteiger partial charge is 0.0648 e. The lowest BCUT2D eigenvalue weighted by atomic mass is 9.99. The number of hydrogen-bond donors (Lipinski definition) is 1. The molecule has 2 aliphatic rings. The van der Waals surface area contributed by atoms with Crippen molar-refractivity contribution in [2.75, 3.05) is 19.8 Å². The maximum atomic E-state index is 5.57. The van der Waals surface area contributed by atoms with Crippen molar-refractivity contribution >= 4 is 12.4 Å². The minimum Gasteiger partial charge on any atom is -0.379 e. The molecule has 1 spiro atoms. The summed E-state index contributed by atoms with van der Waals surface area (Å²) < 4.78 is 5.57. The highest BCUT2D eigenvalue weighted by molar-refractivity contribution is 5.85. The molecule has 0 unspecified atom stereocenters. The normalized spacial score (nSPS) is 28.0. The van der Waals surface area contributed by atoms with Gasteiger partial charge in [0, 0.05) is 12.1 Å². The van der Waals surface area contributed by atoms with Gasteiger partial charge < -0.3 is 10.1 Å². The van der Waals surface area contributed by atoms with Crippen molar-refractivity contribution < 1.29 is 4.74 Å². The SMILES string of the molecule is C1CNC2(CCCC2)COC1.Cl. The van der Waals surface area contributed by atoms with E-state index in [0.717, 1.165) is 19.8 Å². The Morgan fingerprint density at radius 3 is 2.58 bits per heavy atom. The van der Waals surface area contributed by atoms with Crippen LogP contribution in [0.5, 0.6) is 0 Å². The molecule has 0 aromatic rings. The predicted octanol–water partition coefficient (Wildman–Crippen LogP) is 1.73. The molecule has 0 amide bonds. The number of nitrogens with one attached hydrogen (secondary N) is 1. The highest BCUT2D eigenvalue weighted by Crippen LogP contribution is 2.30. The fourth-order valence-corrected chi connectivity index (χ4v) is 2.22. The third-order valence-corrected chi connectivity index (χ3v) is 2.90. The molecule has 3 heteroatoms. The van der Waals surface area contributed by atoms with Crippen LogP contribution in [0, 0.1) is 0 Å². The van der Waals surface area contributed by atoms with Crippen molar-refractivity contribution in [3.63, 3.8) is 0 Å². The van der Waals surface area contributed by atoms with Crippen LogP contribution in [-0.2, 0) is 4.74 Å². The number of hydrogen-bond acceptors (Lipinski definition) is 2. The number of ether oxygens (including phenoxy) is 1. The molecule has 1 N–H and O–H groups in total. The zero-order chi connectivity index (χ0) is 7.57. The molecule has 1 aliphatic carbocycles. The van der Waals surface area contributed by atoms with Gasteiger partial charge in [-0.15, -0.1) is 12.4 Å². The van der Waals surface area contributed by atoms with Crippen molar-refractivity contribution in [2.45, 2.75) is 37.6 Å². The molecule has 1 heterocycles. The summed E-state index contributed by atoms with van der Waals surface area (Å²) in [4.78, 5) is 0. The molecular weight excluding hydrogens is 174 g/mol. The van der Waals surface area contributed by atoms with Crippen LogP contribution < -0.4 is 5.32 Å². The Morgan fingerprint density at radius 1 is 1.08 bits per heavy atom. The first-order valence-corrected chi connectivity index (χ1v) is 4.74. The summed E-state index contributed by atoms with van der Waals surface area (Å²) in [5.74, 6) is 0. The summed E-state index contributed by atoms with van der Waals surface area (Å²) in [6, 6.07) is 0. The summed E-state index contributed by atoms with van der Waals surface area (Å²) in [5.41, 5.74) is 0.385. The summed E-state index contributed by atoms with van der Waals surface area (Å²) in [5, 5.41) is 3.63. The van der Waals surface area contributed by atoms with E-state index >= 15 is 0 Å². The molecule has 0 bridgehead atoms. The molecule has 0 aromatic heterocycles. The van der Waals surface area contributed by atoms with E-state index < -0.39 is 0 Å². The van der Waals surface area contributed by atoms with Crippen LogP contribution in [0.15, 0.2) is 0 Å². The minimum atomic E-state index is 0. The van der Waals surface area contributed by atoms with Crippen molar-refractivity contribution in [1.29, 1.82) is 0 Å². The Hall–Kier alpha value is 0.210. The lowest BCUT2D eigenvalue weighted by molar-refractivity contribution is 0.0943. The van der Waals surface area contributed by atoms with Crippen molar-refractivity contribution in [3.8, 4) is 0 Å². The zero-order valence-corrected chi connectivity index (χ0v) is 8.29. The average molecular weight is 192 g/mol. The molecule has 1 saturated heterocycles. The Morgan fingerprint density at radius 2 is 1.83 bits per heavy atom. The van der Waals surface area contributed by atoms with E-state index in [4.69, 9.17) is 4.74 Å². The number of rotatable bonds is 0. The van der Waals surface area contributed by atoms with Gasteiger partial charge in [0.05, 0.1) is 6.61 Å². The molecule has 0 aromatic carbocycles. The van der Waals surface area contributed by atoms with E-state index in [2.05, 4.69) is 5.32 Å². The summed E-state index contributed by atoms with van der Waals surface area (Å²) in [6.07, 6.45) is 6.61. The third kappa shape index (κ3) is 2.12. The molecule has 2 rings (SSSR count).